The number of rotatable bonds is 5. The van der Waals surface area contributed by atoms with Gasteiger partial charge in [-0.1, -0.05) is 36.4 Å². The minimum atomic E-state index is 0.0483. The monoisotopic (exact) mass is 310 g/mol. The molecule has 1 aliphatic carbocycles. The summed E-state index contributed by atoms with van der Waals surface area (Å²) >= 11 is 0. The Hall–Kier alpha value is -2.33. The molecule has 0 aromatic heterocycles. The van der Waals surface area contributed by atoms with Crippen molar-refractivity contribution in [2.45, 2.75) is 31.8 Å². The molecule has 0 spiro atoms. The number of carbonyl (C=O) groups is 1. The quantitative estimate of drug-likeness (QED) is 0.891. The third kappa shape index (κ3) is 4.11. The number of carbonyl (C=O) groups excluding carboxylic acids is 1. The van der Waals surface area contributed by atoms with E-state index in [0.29, 0.717) is 6.54 Å². The zero-order chi connectivity index (χ0) is 16.1. The second-order valence-corrected chi connectivity index (χ2v) is 6.01. The topological polar surface area (TPSA) is 64.4 Å². The molecule has 0 aliphatic heterocycles. The zero-order valence-electron chi connectivity index (χ0n) is 13.1. The molecule has 0 saturated heterocycles. The maximum atomic E-state index is 12.2. The molecule has 3 N–H and O–H groups in total. The predicted molar refractivity (Wildman–Crippen MR) is 90.1 cm³/mol. The van der Waals surface area contributed by atoms with Crippen molar-refractivity contribution >= 4 is 5.91 Å². The SMILES string of the molecule is NC1CCC(C(=O)NCc2ccccc2Oc2ccccc2)C1. The largest absolute Gasteiger partial charge is 0.457 e. The fourth-order valence-electron chi connectivity index (χ4n) is 2.95. The van der Waals surface area contributed by atoms with E-state index in [4.69, 9.17) is 10.5 Å². The van der Waals surface area contributed by atoms with Crippen LogP contribution in [0.25, 0.3) is 0 Å². The van der Waals surface area contributed by atoms with Crippen LogP contribution in [0.5, 0.6) is 11.5 Å². The summed E-state index contributed by atoms with van der Waals surface area (Å²) in [6, 6.07) is 17.6. The number of para-hydroxylation sites is 2. The van der Waals surface area contributed by atoms with Gasteiger partial charge in [-0.25, -0.2) is 0 Å². The van der Waals surface area contributed by atoms with Gasteiger partial charge in [-0.15, -0.1) is 0 Å². The van der Waals surface area contributed by atoms with Gasteiger partial charge in [0, 0.05) is 24.1 Å². The molecule has 120 valence electrons. The van der Waals surface area contributed by atoms with E-state index in [9.17, 15) is 4.79 Å². The molecule has 2 aromatic rings. The smallest absolute Gasteiger partial charge is 0.223 e. The third-order valence-corrected chi connectivity index (χ3v) is 4.24. The second kappa shape index (κ2) is 7.29. The molecule has 0 radical (unpaired) electrons. The van der Waals surface area contributed by atoms with Gasteiger partial charge in [0.1, 0.15) is 11.5 Å². The average molecular weight is 310 g/mol. The molecular formula is C19H22N2O2. The molecule has 2 unspecified atom stereocenters. The summed E-state index contributed by atoms with van der Waals surface area (Å²) in [6.07, 6.45) is 2.61. The highest BCUT2D eigenvalue weighted by atomic mass is 16.5. The number of amides is 1. The van der Waals surface area contributed by atoms with Crippen molar-refractivity contribution in [1.82, 2.24) is 5.32 Å². The predicted octanol–water partition coefficient (Wildman–Crippen LogP) is 3.22. The Kier molecular flexibility index (Phi) is 4.93. The van der Waals surface area contributed by atoms with Gasteiger partial charge in [0.05, 0.1) is 0 Å². The zero-order valence-corrected chi connectivity index (χ0v) is 13.1. The van der Waals surface area contributed by atoms with E-state index in [1.807, 2.05) is 54.6 Å². The summed E-state index contributed by atoms with van der Waals surface area (Å²) in [7, 11) is 0. The van der Waals surface area contributed by atoms with Crippen LogP contribution in [-0.4, -0.2) is 11.9 Å². The normalized spacial score (nSPS) is 20.2. The van der Waals surface area contributed by atoms with E-state index < -0.39 is 0 Å². The first-order valence-corrected chi connectivity index (χ1v) is 8.06. The number of ether oxygens (including phenoxy) is 1. The first-order chi connectivity index (χ1) is 11.2. The van der Waals surface area contributed by atoms with Gasteiger partial charge in [0.2, 0.25) is 5.91 Å². The Morgan fingerprint density at radius 3 is 2.57 bits per heavy atom. The molecule has 1 fully saturated rings. The van der Waals surface area contributed by atoms with E-state index >= 15 is 0 Å². The van der Waals surface area contributed by atoms with Crippen LogP contribution in [0.2, 0.25) is 0 Å². The number of nitrogens with two attached hydrogens (primary N) is 1. The lowest BCUT2D eigenvalue weighted by Crippen LogP contribution is -2.30. The van der Waals surface area contributed by atoms with Crippen molar-refractivity contribution in [3.63, 3.8) is 0 Å². The lowest BCUT2D eigenvalue weighted by Gasteiger charge is -2.14. The molecule has 4 heteroatoms. The van der Waals surface area contributed by atoms with Gasteiger partial charge in [-0.3, -0.25) is 4.79 Å². The summed E-state index contributed by atoms with van der Waals surface area (Å²) in [5.41, 5.74) is 6.85. The molecule has 2 atom stereocenters. The molecule has 2 aromatic carbocycles. The summed E-state index contributed by atoms with van der Waals surface area (Å²) in [4.78, 5) is 12.2. The summed E-state index contributed by atoms with van der Waals surface area (Å²) in [6.45, 7) is 0.466. The molecule has 0 bridgehead atoms. The average Bonchev–Trinajstić information content (AvgIpc) is 3.01. The molecule has 4 nitrogen and oxygen atoms in total. The van der Waals surface area contributed by atoms with Gasteiger partial charge in [-0.2, -0.15) is 0 Å². The van der Waals surface area contributed by atoms with E-state index in [0.717, 1.165) is 36.3 Å². The lowest BCUT2D eigenvalue weighted by atomic mass is 10.1. The summed E-state index contributed by atoms with van der Waals surface area (Å²) in [5.74, 6) is 1.69. The van der Waals surface area contributed by atoms with Crippen molar-refractivity contribution in [1.29, 1.82) is 0 Å². The minimum absolute atomic E-state index is 0.0483. The van der Waals surface area contributed by atoms with Gasteiger partial charge < -0.3 is 15.8 Å². The number of hydrogen-bond donors (Lipinski definition) is 2. The molecule has 23 heavy (non-hydrogen) atoms. The molecule has 3 rings (SSSR count). The van der Waals surface area contributed by atoms with Crippen molar-refractivity contribution in [3.05, 3.63) is 60.2 Å². The first-order valence-electron chi connectivity index (χ1n) is 8.06. The third-order valence-electron chi connectivity index (χ3n) is 4.24. The Morgan fingerprint density at radius 1 is 1.09 bits per heavy atom. The Labute approximate surface area is 136 Å². The van der Waals surface area contributed by atoms with E-state index in [2.05, 4.69) is 5.32 Å². The van der Waals surface area contributed by atoms with Crippen molar-refractivity contribution < 1.29 is 9.53 Å². The summed E-state index contributed by atoms with van der Waals surface area (Å²) < 4.78 is 5.91. The van der Waals surface area contributed by atoms with Gasteiger partial charge in [0.25, 0.3) is 0 Å². The number of nitrogens with one attached hydrogen (secondary N) is 1. The molecule has 1 aliphatic rings. The molecular weight excluding hydrogens is 288 g/mol. The molecule has 1 saturated carbocycles. The van der Waals surface area contributed by atoms with Crippen molar-refractivity contribution in [3.8, 4) is 11.5 Å². The highest BCUT2D eigenvalue weighted by Gasteiger charge is 2.27. The van der Waals surface area contributed by atoms with Crippen LogP contribution in [0.3, 0.4) is 0 Å². The Morgan fingerprint density at radius 2 is 1.83 bits per heavy atom. The van der Waals surface area contributed by atoms with Gasteiger partial charge in [0.15, 0.2) is 0 Å². The number of hydrogen-bond acceptors (Lipinski definition) is 3. The highest BCUT2D eigenvalue weighted by Crippen LogP contribution is 2.26. The lowest BCUT2D eigenvalue weighted by molar-refractivity contribution is -0.125. The fraction of sp³-hybridized carbons (Fsp3) is 0.316. The van der Waals surface area contributed by atoms with Crippen LogP contribution in [0, 0.1) is 5.92 Å². The maximum Gasteiger partial charge on any atom is 0.223 e. The standard InChI is InChI=1S/C19H22N2O2/c20-16-11-10-14(12-16)19(22)21-13-15-6-4-5-9-18(15)23-17-7-2-1-3-8-17/h1-9,14,16H,10-13,20H2,(H,21,22). The maximum absolute atomic E-state index is 12.2. The molecule has 1 amide bonds. The summed E-state index contributed by atoms with van der Waals surface area (Å²) in [5, 5.41) is 3.01. The fourth-order valence-corrected chi connectivity index (χ4v) is 2.95. The van der Waals surface area contributed by atoms with Crippen LogP contribution >= 0.6 is 0 Å². The molecule has 0 heterocycles. The minimum Gasteiger partial charge on any atom is -0.457 e. The van der Waals surface area contributed by atoms with E-state index in [1.165, 1.54) is 0 Å². The Balaban J connectivity index is 1.63. The second-order valence-electron chi connectivity index (χ2n) is 6.01. The van der Waals surface area contributed by atoms with Crippen LogP contribution in [0.15, 0.2) is 54.6 Å². The first kappa shape index (κ1) is 15.6. The van der Waals surface area contributed by atoms with Crippen LogP contribution in [-0.2, 0) is 11.3 Å². The highest BCUT2D eigenvalue weighted by molar-refractivity contribution is 5.79. The van der Waals surface area contributed by atoms with E-state index in [-0.39, 0.29) is 17.9 Å². The van der Waals surface area contributed by atoms with Crippen molar-refractivity contribution in [2.75, 3.05) is 0 Å². The van der Waals surface area contributed by atoms with Crippen LogP contribution in [0.1, 0.15) is 24.8 Å². The number of benzene rings is 2. The van der Waals surface area contributed by atoms with E-state index in [1.54, 1.807) is 0 Å². The Bertz CT molecular complexity index is 657. The van der Waals surface area contributed by atoms with Gasteiger partial charge >= 0.3 is 0 Å². The van der Waals surface area contributed by atoms with Crippen LogP contribution in [0.4, 0.5) is 0 Å². The van der Waals surface area contributed by atoms with Crippen LogP contribution < -0.4 is 15.8 Å². The van der Waals surface area contributed by atoms with Crippen molar-refractivity contribution in [2.24, 2.45) is 11.7 Å². The van der Waals surface area contributed by atoms with Gasteiger partial charge in [-0.05, 0) is 37.5 Å².